The molecule has 0 saturated carbocycles. The molecule has 0 aromatic heterocycles. The van der Waals surface area contributed by atoms with Gasteiger partial charge in [0.1, 0.15) is 0 Å². The number of methoxy groups -OCH3 is 1. The third-order valence-electron chi connectivity index (χ3n) is 2.69. The molecule has 0 aliphatic heterocycles. The Morgan fingerprint density at radius 1 is 1.37 bits per heavy atom. The van der Waals surface area contributed by atoms with Gasteiger partial charge in [-0.3, -0.25) is 4.79 Å². The normalized spacial score (nSPS) is 12.5. The van der Waals surface area contributed by atoms with Crippen LogP contribution in [0.15, 0.2) is 24.3 Å². The summed E-state index contributed by atoms with van der Waals surface area (Å²) < 4.78 is 4.90. The van der Waals surface area contributed by atoms with Gasteiger partial charge in [-0.05, 0) is 38.2 Å². The second-order valence-electron chi connectivity index (χ2n) is 4.81. The van der Waals surface area contributed by atoms with Crippen LogP contribution >= 0.6 is 0 Å². The van der Waals surface area contributed by atoms with Crippen LogP contribution < -0.4 is 11.1 Å². The van der Waals surface area contributed by atoms with Crippen molar-refractivity contribution < 1.29 is 9.53 Å². The number of rotatable bonds is 7. The van der Waals surface area contributed by atoms with Crippen LogP contribution in [0.3, 0.4) is 0 Å². The number of hydrogen-bond acceptors (Lipinski definition) is 4. The number of benzene rings is 1. The molecular formula is C14H23N3O2. The van der Waals surface area contributed by atoms with Gasteiger partial charge in [0.15, 0.2) is 0 Å². The lowest BCUT2D eigenvalue weighted by Gasteiger charge is -2.13. The molecule has 0 radical (unpaired) electrons. The third-order valence-corrected chi connectivity index (χ3v) is 2.69. The van der Waals surface area contributed by atoms with Crippen molar-refractivity contribution in [2.75, 3.05) is 33.1 Å². The number of carbonyl (C=O) groups is 1. The van der Waals surface area contributed by atoms with Crippen LogP contribution in [0.2, 0.25) is 0 Å². The zero-order valence-corrected chi connectivity index (χ0v) is 11.8. The molecule has 5 heteroatoms. The van der Waals surface area contributed by atoms with E-state index in [1.807, 2.05) is 38.4 Å². The fourth-order valence-corrected chi connectivity index (χ4v) is 1.67. The number of ether oxygens (including phenoxy) is 1. The van der Waals surface area contributed by atoms with Crippen LogP contribution in [0.4, 0.5) is 5.69 Å². The predicted molar refractivity (Wildman–Crippen MR) is 76.9 cm³/mol. The first kappa shape index (κ1) is 15.6. The quantitative estimate of drug-likeness (QED) is 0.773. The summed E-state index contributed by atoms with van der Waals surface area (Å²) in [5.74, 6) is -0.183. The lowest BCUT2D eigenvalue weighted by atomic mass is 10.1. The smallest absolute Gasteiger partial charge is 0.241 e. The zero-order valence-electron chi connectivity index (χ0n) is 11.8. The van der Waals surface area contributed by atoms with E-state index >= 15 is 0 Å². The Hall–Kier alpha value is -1.43. The van der Waals surface area contributed by atoms with Crippen LogP contribution in [-0.4, -0.2) is 44.7 Å². The van der Waals surface area contributed by atoms with Crippen molar-refractivity contribution >= 4 is 11.6 Å². The summed E-state index contributed by atoms with van der Waals surface area (Å²) in [4.78, 5) is 13.9. The Labute approximate surface area is 114 Å². The average Bonchev–Trinajstić information content (AvgIpc) is 2.37. The van der Waals surface area contributed by atoms with Crippen molar-refractivity contribution in [1.82, 2.24) is 4.90 Å². The SMILES string of the molecule is COCCC(N)C(=O)Nc1ccc(CN(C)C)cc1. The Morgan fingerprint density at radius 2 is 2.00 bits per heavy atom. The largest absolute Gasteiger partial charge is 0.385 e. The maximum atomic E-state index is 11.8. The van der Waals surface area contributed by atoms with Gasteiger partial charge < -0.3 is 20.7 Å². The molecule has 1 aromatic rings. The third kappa shape index (κ3) is 5.83. The molecule has 0 heterocycles. The van der Waals surface area contributed by atoms with Gasteiger partial charge in [-0.15, -0.1) is 0 Å². The van der Waals surface area contributed by atoms with E-state index in [1.165, 1.54) is 5.56 Å². The molecule has 0 spiro atoms. The number of nitrogens with one attached hydrogen (secondary N) is 1. The summed E-state index contributed by atoms with van der Waals surface area (Å²) in [6, 6.07) is 7.23. The highest BCUT2D eigenvalue weighted by Crippen LogP contribution is 2.11. The lowest BCUT2D eigenvalue weighted by molar-refractivity contribution is -0.117. The van der Waals surface area contributed by atoms with E-state index in [-0.39, 0.29) is 5.91 Å². The van der Waals surface area contributed by atoms with Crippen molar-refractivity contribution in [1.29, 1.82) is 0 Å². The molecule has 1 unspecified atom stereocenters. The van der Waals surface area contributed by atoms with Crippen molar-refractivity contribution in [3.8, 4) is 0 Å². The van der Waals surface area contributed by atoms with E-state index in [2.05, 4.69) is 10.2 Å². The van der Waals surface area contributed by atoms with Gasteiger partial charge in [-0.1, -0.05) is 12.1 Å². The van der Waals surface area contributed by atoms with E-state index in [1.54, 1.807) is 7.11 Å². The molecule has 1 rings (SSSR count). The minimum Gasteiger partial charge on any atom is -0.385 e. The molecule has 1 amide bonds. The van der Waals surface area contributed by atoms with E-state index in [4.69, 9.17) is 10.5 Å². The van der Waals surface area contributed by atoms with E-state index in [0.29, 0.717) is 13.0 Å². The van der Waals surface area contributed by atoms with Gasteiger partial charge in [0, 0.05) is 25.9 Å². The molecule has 0 aliphatic rings. The standard InChI is InChI=1S/C14H23N3O2/c1-17(2)10-11-4-6-12(7-5-11)16-14(18)13(15)8-9-19-3/h4-7,13H,8-10,15H2,1-3H3,(H,16,18). The monoisotopic (exact) mass is 265 g/mol. The highest BCUT2D eigenvalue weighted by atomic mass is 16.5. The Kier molecular flexibility index (Phi) is 6.49. The van der Waals surface area contributed by atoms with Crippen molar-refractivity contribution in [2.45, 2.75) is 19.0 Å². The van der Waals surface area contributed by atoms with Gasteiger partial charge >= 0.3 is 0 Å². The first-order valence-electron chi connectivity index (χ1n) is 6.32. The molecule has 106 valence electrons. The summed E-state index contributed by atoms with van der Waals surface area (Å²) in [7, 11) is 5.63. The maximum absolute atomic E-state index is 11.8. The summed E-state index contributed by atoms with van der Waals surface area (Å²) >= 11 is 0. The maximum Gasteiger partial charge on any atom is 0.241 e. The molecule has 3 N–H and O–H groups in total. The average molecular weight is 265 g/mol. The highest BCUT2D eigenvalue weighted by Gasteiger charge is 2.12. The fourth-order valence-electron chi connectivity index (χ4n) is 1.67. The zero-order chi connectivity index (χ0) is 14.3. The molecule has 1 atom stereocenters. The van der Waals surface area contributed by atoms with Crippen LogP contribution in [0.25, 0.3) is 0 Å². The number of nitrogens with two attached hydrogens (primary N) is 1. The molecule has 0 aliphatic carbocycles. The lowest BCUT2D eigenvalue weighted by Crippen LogP contribution is -2.36. The number of carbonyl (C=O) groups excluding carboxylic acids is 1. The molecule has 0 fully saturated rings. The molecule has 0 bridgehead atoms. The minimum absolute atomic E-state index is 0.183. The van der Waals surface area contributed by atoms with Crippen molar-refractivity contribution in [2.24, 2.45) is 5.73 Å². The predicted octanol–water partition coefficient (Wildman–Crippen LogP) is 1.05. The molecule has 19 heavy (non-hydrogen) atoms. The van der Waals surface area contributed by atoms with E-state index in [0.717, 1.165) is 12.2 Å². The highest BCUT2D eigenvalue weighted by molar-refractivity contribution is 5.94. The number of amides is 1. The van der Waals surface area contributed by atoms with E-state index < -0.39 is 6.04 Å². The van der Waals surface area contributed by atoms with Crippen LogP contribution in [0, 0.1) is 0 Å². The van der Waals surface area contributed by atoms with Gasteiger partial charge in [0.25, 0.3) is 0 Å². The molecule has 5 nitrogen and oxygen atoms in total. The number of anilines is 1. The van der Waals surface area contributed by atoms with Gasteiger partial charge in [0.05, 0.1) is 6.04 Å². The number of nitrogens with zero attached hydrogens (tertiary/aromatic N) is 1. The van der Waals surface area contributed by atoms with Gasteiger partial charge in [-0.25, -0.2) is 0 Å². The Balaban J connectivity index is 2.50. The Bertz CT molecular complexity index is 390. The second-order valence-corrected chi connectivity index (χ2v) is 4.81. The van der Waals surface area contributed by atoms with Crippen molar-refractivity contribution in [3.63, 3.8) is 0 Å². The van der Waals surface area contributed by atoms with Crippen molar-refractivity contribution in [3.05, 3.63) is 29.8 Å². The molecular weight excluding hydrogens is 242 g/mol. The van der Waals surface area contributed by atoms with Gasteiger partial charge in [0.2, 0.25) is 5.91 Å². The summed E-state index contributed by atoms with van der Waals surface area (Å²) in [6.07, 6.45) is 0.515. The van der Waals surface area contributed by atoms with Crippen LogP contribution in [0.5, 0.6) is 0 Å². The van der Waals surface area contributed by atoms with Crippen LogP contribution in [0.1, 0.15) is 12.0 Å². The second kappa shape index (κ2) is 7.89. The Morgan fingerprint density at radius 3 is 2.53 bits per heavy atom. The first-order valence-corrected chi connectivity index (χ1v) is 6.32. The summed E-state index contributed by atoms with van der Waals surface area (Å²) in [5.41, 5.74) is 7.71. The van der Waals surface area contributed by atoms with E-state index in [9.17, 15) is 4.79 Å². The fraction of sp³-hybridized carbons (Fsp3) is 0.500. The summed E-state index contributed by atoms with van der Waals surface area (Å²) in [6.45, 7) is 1.36. The number of hydrogen-bond donors (Lipinski definition) is 2. The minimum atomic E-state index is -0.540. The topological polar surface area (TPSA) is 67.6 Å². The first-order chi connectivity index (χ1) is 9.02. The van der Waals surface area contributed by atoms with Crippen LogP contribution in [-0.2, 0) is 16.1 Å². The summed E-state index contributed by atoms with van der Waals surface area (Å²) in [5, 5.41) is 2.80. The van der Waals surface area contributed by atoms with Gasteiger partial charge in [-0.2, -0.15) is 0 Å². The molecule has 1 aromatic carbocycles. The molecule has 0 saturated heterocycles.